The summed E-state index contributed by atoms with van der Waals surface area (Å²) in [6.07, 6.45) is 6.33. The summed E-state index contributed by atoms with van der Waals surface area (Å²) in [6.45, 7) is 1.96. The molecular formula is C16H21N3O2S. The average molecular weight is 319 g/mol. The molecule has 22 heavy (non-hydrogen) atoms. The van der Waals surface area contributed by atoms with E-state index in [1.54, 1.807) is 23.9 Å². The van der Waals surface area contributed by atoms with Gasteiger partial charge >= 0.3 is 5.69 Å². The zero-order valence-electron chi connectivity index (χ0n) is 12.6. The van der Waals surface area contributed by atoms with Crippen molar-refractivity contribution in [2.75, 3.05) is 5.32 Å². The number of hydrogen-bond acceptors (Lipinski definition) is 3. The number of aromatic nitrogens is 2. The van der Waals surface area contributed by atoms with Crippen molar-refractivity contribution in [2.24, 2.45) is 0 Å². The van der Waals surface area contributed by atoms with E-state index < -0.39 is 0 Å². The van der Waals surface area contributed by atoms with E-state index in [0.717, 1.165) is 5.52 Å². The number of aromatic amines is 2. The summed E-state index contributed by atoms with van der Waals surface area (Å²) in [5.74, 6) is 0.0211. The zero-order valence-corrected chi connectivity index (χ0v) is 13.5. The van der Waals surface area contributed by atoms with Gasteiger partial charge in [0.05, 0.1) is 16.3 Å². The summed E-state index contributed by atoms with van der Waals surface area (Å²) in [5.41, 5.74) is 1.92. The Morgan fingerprint density at radius 2 is 1.95 bits per heavy atom. The number of carbonyl (C=O) groups excluding carboxylic acids is 1. The number of imidazole rings is 1. The maximum absolute atomic E-state index is 12.3. The van der Waals surface area contributed by atoms with Gasteiger partial charge in [-0.3, -0.25) is 4.79 Å². The number of rotatable bonds is 4. The molecule has 5 nitrogen and oxygen atoms in total. The molecule has 6 heteroatoms. The Morgan fingerprint density at radius 3 is 2.73 bits per heavy atom. The number of anilines is 1. The lowest BCUT2D eigenvalue weighted by molar-refractivity contribution is -0.115. The van der Waals surface area contributed by atoms with Gasteiger partial charge in [0.15, 0.2) is 0 Å². The van der Waals surface area contributed by atoms with Crippen LogP contribution in [-0.2, 0) is 4.79 Å². The van der Waals surface area contributed by atoms with Crippen LogP contribution in [0.25, 0.3) is 11.0 Å². The third-order valence-corrected chi connectivity index (χ3v) is 5.58. The average Bonchev–Trinajstić information content (AvgIpc) is 2.87. The number of hydrogen-bond donors (Lipinski definition) is 3. The van der Waals surface area contributed by atoms with E-state index in [0.29, 0.717) is 16.5 Å². The van der Waals surface area contributed by atoms with Crippen LogP contribution in [0.4, 0.5) is 5.69 Å². The predicted octanol–water partition coefficient (Wildman–Crippen LogP) is 3.25. The minimum absolute atomic E-state index is 0.0211. The molecule has 0 saturated heterocycles. The van der Waals surface area contributed by atoms with E-state index in [1.165, 1.54) is 32.1 Å². The van der Waals surface area contributed by atoms with Crippen molar-refractivity contribution in [3.05, 3.63) is 28.7 Å². The third-order valence-electron chi connectivity index (χ3n) is 4.10. The lowest BCUT2D eigenvalue weighted by Crippen LogP contribution is -2.25. The zero-order chi connectivity index (χ0) is 15.5. The Kier molecular flexibility index (Phi) is 4.57. The number of H-pyrrole nitrogens is 2. The van der Waals surface area contributed by atoms with E-state index in [4.69, 9.17) is 0 Å². The van der Waals surface area contributed by atoms with E-state index in [9.17, 15) is 9.59 Å². The summed E-state index contributed by atoms with van der Waals surface area (Å²) in [5, 5.41) is 3.48. The van der Waals surface area contributed by atoms with Gasteiger partial charge < -0.3 is 15.3 Å². The summed E-state index contributed by atoms with van der Waals surface area (Å²) >= 11 is 1.78. The number of carbonyl (C=O) groups is 1. The molecule has 3 N–H and O–H groups in total. The maximum Gasteiger partial charge on any atom is 0.323 e. The molecule has 118 valence electrons. The van der Waals surface area contributed by atoms with Gasteiger partial charge in [0.2, 0.25) is 5.91 Å². The molecule has 0 bridgehead atoms. The number of thioether (sulfide) groups is 1. The number of nitrogens with one attached hydrogen (secondary N) is 3. The molecule has 1 aromatic heterocycles. The van der Waals surface area contributed by atoms with Gasteiger partial charge in [-0.2, -0.15) is 0 Å². The van der Waals surface area contributed by atoms with Crippen LogP contribution < -0.4 is 11.0 Å². The van der Waals surface area contributed by atoms with E-state index >= 15 is 0 Å². The summed E-state index contributed by atoms with van der Waals surface area (Å²) in [6, 6.07) is 5.38. The molecule has 1 atom stereocenters. The largest absolute Gasteiger partial charge is 0.325 e. The van der Waals surface area contributed by atoms with Crippen LogP contribution in [0.5, 0.6) is 0 Å². The number of benzene rings is 1. The second-order valence-electron chi connectivity index (χ2n) is 5.87. The molecule has 2 aromatic rings. The van der Waals surface area contributed by atoms with Gasteiger partial charge in [0.25, 0.3) is 0 Å². The van der Waals surface area contributed by atoms with Crippen LogP contribution in [0.3, 0.4) is 0 Å². The van der Waals surface area contributed by atoms with Crippen LogP contribution in [0.15, 0.2) is 23.0 Å². The summed E-state index contributed by atoms with van der Waals surface area (Å²) < 4.78 is 0. The van der Waals surface area contributed by atoms with Crippen molar-refractivity contribution in [1.29, 1.82) is 0 Å². The fourth-order valence-electron chi connectivity index (χ4n) is 2.91. The molecule has 0 spiro atoms. The second-order valence-corrected chi connectivity index (χ2v) is 7.51. The molecule has 1 saturated carbocycles. The molecule has 0 aliphatic heterocycles. The first-order valence-electron chi connectivity index (χ1n) is 7.80. The normalized spacial score (nSPS) is 17.5. The molecule has 1 aliphatic carbocycles. The number of amides is 1. The van der Waals surface area contributed by atoms with Crippen LogP contribution in [0.1, 0.15) is 39.0 Å². The van der Waals surface area contributed by atoms with E-state index in [1.807, 2.05) is 13.0 Å². The van der Waals surface area contributed by atoms with Crippen molar-refractivity contribution in [2.45, 2.75) is 49.5 Å². The highest BCUT2D eigenvalue weighted by molar-refractivity contribution is 8.01. The molecule has 1 aromatic carbocycles. The summed E-state index contributed by atoms with van der Waals surface area (Å²) in [4.78, 5) is 29.0. The SMILES string of the molecule is CC(SC1CCCCC1)C(=O)Nc1ccc2[nH]c(=O)[nH]c2c1. The first-order valence-corrected chi connectivity index (χ1v) is 8.74. The van der Waals surface area contributed by atoms with Crippen molar-refractivity contribution < 1.29 is 4.79 Å². The summed E-state index contributed by atoms with van der Waals surface area (Å²) in [7, 11) is 0. The molecular weight excluding hydrogens is 298 g/mol. The van der Waals surface area contributed by atoms with Crippen molar-refractivity contribution >= 4 is 34.4 Å². The molecule has 1 heterocycles. The number of fused-ring (bicyclic) bond motifs is 1. The highest BCUT2D eigenvalue weighted by Crippen LogP contribution is 2.31. The molecule has 1 amide bonds. The monoisotopic (exact) mass is 319 g/mol. The van der Waals surface area contributed by atoms with Crippen molar-refractivity contribution in [3.8, 4) is 0 Å². The van der Waals surface area contributed by atoms with E-state index in [-0.39, 0.29) is 16.8 Å². The lowest BCUT2D eigenvalue weighted by atomic mass is 10.0. The maximum atomic E-state index is 12.3. The first-order chi connectivity index (χ1) is 10.6. The minimum Gasteiger partial charge on any atom is -0.325 e. The fraction of sp³-hybridized carbons (Fsp3) is 0.500. The van der Waals surface area contributed by atoms with Crippen LogP contribution in [0.2, 0.25) is 0 Å². The molecule has 3 rings (SSSR count). The van der Waals surface area contributed by atoms with Gasteiger partial charge in [-0.25, -0.2) is 4.79 Å². The Morgan fingerprint density at radius 1 is 1.23 bits per heavy atom. The second kappa shape index (κ2) is 6.60. The fourth-order valence-corrected chi connectivity index (χ4v) is 4.27. The van der Waals surface area contributed by atoms with Crippen molar-refractivity contribution in [3.63, 3.8) is 0 Å². The smallest absolute Gasteiger partial charge is 0.323 e. The Bertz CT molecular complexity index is 715. The molecule has 0 radical (unpaired) electrons. The van der Waals surface area contributed by atoms with Gasteiger partial charge in [0, 0.05) is 10.9 Å². The van der Waals surface area contributed by atoms with Gasteiger partial charge in [-0.15, -0.1) is 11.8 Å². The Labute approximate surface area is 133 Å². The predicted molar refractivity (Wildman–Crippen MR) is 91.5 cm³/mol. The van der Waals surface area contributed by atoms with Crippen LogP contribution in [-0.4, -0.2) is 26.4 Å². The van der Waals surface area contributed by atoms with Gasteiger partial charge in [0.1, 0.15) is 0 Å². The Balaban J connectivity index is 1.62. The van der Waals surface area contributed by atoms with Crippen molar-refractivity contribution in [1.82, 2.24) is 9.97 Å². The van der Waals surface area contributed by atoms with Crippen LogP contribution >= 0.6 is 11.8 Å². The van der Waals surface area contributed by atoms with E-state index in [2.05, 4.69) is 15.3 Å². The quantitative estimate of drug-likeness (QED) is 0.809. The molecule has 1 fully saturated rings. The highest BCUT2D eigenvalue weighted by atomic mass is 32.2. The highest BCUT2D eigenvalue weighted by Gasteiger charge is 2.21. The standard InChI is InChI=1S/C16H21N3O2S/c1-10(22-12-5-3-2-4-6-12)15(20)17-11-7-8-13-14(9-11)19-16(21)18-13/h7-10,12H,2-6H2,1H3,(H,17,20)(H2,18,19,21). The topological polar surface area (TPSA) is 77.8 Å². The first kappa shape index (κ1) is 15.2. The molecule has 1 unspecified atom stereocenters. The van der Waals surface area contributed by atoms with Crippen LogP contribution in [0, 0.1) is 0 Å². The van der Waals surface area contributed by atoms with Gasteiger partial charge in [-0.1, -0.05) is 19.3 Å². The Hall–Kier alpha value is -1.69. The molecule has 1 aliphatic rings. The minimum atomic E-state index is -0.236. The van der Waals surface area contributed by atoms with Gasteiger partial charge in [-0.05, 0) is 38.0 Å². The lowest BCUT2D eigenvalue weighted by Gasteiger charge is -2.23. The third kappa shape index (κ3) is 3.55.